The second kappa shape index (κ2) is 5.80. The maximum atomic E-state index is 11.1. The molecule has 0 saturated carbocycles. The normalized spacial score (nSPS) is 10.8. The lowest BCUT2D eigenvalue weighted by molar-refractivity contribution is -0.384. The molecule has 1 aromatic rings. The van der Waals surface area contributed by atoms with Gasteiger partial charge < -0.3 is 0 Å². The average Bonchev–Trinajstić information content (AvgIpc) is 2.26. The fraction of sp³-hybridized carbons (Fsp3) is 0.111. The molecule has 0 spiro atoms. The number of hydrogen-bond acceptors (Lipinski definition) is 5. The number of oxime groups is 1. The summed E-state index contributed by atoms with van der Waals surface area (Å²) in [5.74, 6) is 0. The first-order valence-corrected chi connectivity index (χ1v) is 4.79. The van der Waals surface area contributed by atoms with Gasteiger partial charge in [-0.25, -0.2) is 4.79 Å². The minimum absolute atomic E-state index is 0.0548. The van der Waals surface area contributed by atoms with Crippen LogP contribution in [0.25, 0.3) is 0 Å². The van der Waals surface area contributed by atoms with E-state index < -0.39 is 11.0 Å². The van der Waals surface area contributed by atoms with E-state index in [4.69, 9.17) is 11.6 Å². The molecule has 0 aromatic heterocycles. The molecule has 0 heterocycles. The highest BCUT2D eigenvalue weighted by atomic mass is 35.5. The lowest BCUT2D eigenvalue weighted by Gasteiger charge is -2.02. The molecule has 7 nitrogen and oxygen atoms in total. The number of carbonyl (C=O) groups excluding carboxylic acids is 1. The summed E-state index contributed by atoms with van der Waals surface area (Å²) in [6.45, 7) is 1.43. The third kappa shape index (κ3) is 4.47. The number of hydrogen-bond donors (Lipinski definition) is 1. The van der Waals surface area contributed by atoms with E-state index >= 15 is 0 Å². The van der Waals surface area contributed by atoms with E-state index in [0.717, 1.165) is 0 Å². The van der Waals surface area contributed by atoms with Gasteiger partial charge in [0.15, 0.2) is 0 Å². The average molecular weight is 258 g/mol. The molecule has 0 atom stereocenters. The minimum Gasteiger partial charge on any atom is -0.297 e. The molecule has 1 rings (SSSR count). The molecule has 1 aromatic carbocycles. The van der Waals surface area contributed by atoms with E-state index in [9.17, 15) is 14.9 Å². The van der Waals surface area contributed by atoms with Gasteiger partial charge in [-0.2, -0.15) is 0 Å². The molecule has 0 aliphatic rings. The van der Waals surface area contributed by atoms with Crippen LogP contribution in [0.3, 0.4) is 0 Å². The van der Waals surface area contributed by atoms with E-state index in [1.807, 2.05) is 0 Å². The van der Waals surface area contributed by atoms with Gasteiger partial charge in [-0.05, 0) is 13.0 Å². The Hall–Kier alpha value is -2.15. The van der Waals surface area contributed by atoms with E-state index in [1.165, 1.54) is 31.2 Å². The zero-order chi connectivity index (χ0) is 12.8. The van der Waals surface area contributed by atoms with E-state index in [-0.39, 0.29) is 16.5 Å². The second-order valence-corrected chi connectivity index (χ2v) is 3.45. The minimum atomic E-state index is -0.884. The van der Waals surface area contributed by atoms with Crippen molar-refractivity contribution in [3.63, 3.8) is 0 Å². The number of halogens is 1. The molecule has 0 saturated heterocycles. The standard InChI is InChI=1S/C9H8ClN3O4/c1-6(10)12-17-9(14)11-7-3-2-4-8(5-7)13(15)16/h2-5H,1H3,(H,11,14)/b12-6+. The van der Waals surface area contributed by atoms with Crippen LogP contribution in [-0.2, 0) is 4.84 Å². The molecule has 8 heteroatoms. The number of nitro benzene ring substituents is 1. The molecule has 0 radical (unpaired) electrons. The van der Waals surface area contributed by atoms with Gasteiger partial charge in [0.25, 0.3) is 5.69 Å². The highest BCUT2D eigenvalue weighted by Gasteiger charge is 2.08. The summed E-state index contributed by atoms with van der Waals surface area (Å²) in [6, 6.07) is 5.41. The summed E-state index contributed by atoms with van der Waals surface area (Å²) >= 11 is 5.35. The van der Waals surface area contributed by atoms with E-state index in [0.29, 0.717) is 0 Å². The number of carbonyl (C=O) groups is 1. The van der Waals surface area contributed by atoms with Gasteiger partial charge in [-0.15, -0.1) is 0 Å². The quantitative estimate of drug-likeness (QED) is 0.390. The number of nitro groups is 1. The molecule has 0 unspecified atom stereocenters. The maximum Gasteiger partial charge on any atom is 0.437 e. The third-order valence-electron chi connectivity index (χ3n) is 1.56. The zero-order valence-corrected chi connectivity index (χ0v) is 9.47. The van der Waals surface area contributed by atoms with Crippen molar-refractivity contribution in [2.45, 2.75) is 6.92 Å². The Bertz CT molecular complexity index is 471. The largest absolute Gasteiger partial charge is 0.437 e. The lowest BCUT2D eigenvalue weighted by Crippen LogP contribution is -2.11. The predicted molar refractivity (Wildman–Crippen MR) is 62.2 cm³/mol. The fourth-order valence-corrected chi connectivity index (χ4v) is 0.977. The molecule has 0 aliphatic carbocycles. The summed E-state index contributed by atoms with van der Waals surface area (Å²) in [4.78, 5) is 25.4. The third-order valence-corrected chi connectivity index (χ3v) is 1.63. The summed E-state index contributed by atoms with van der Waals surface area (Å²) in [6.07, 6.45) is -0.884. The van der Waals surface area contributed by atoms with Gasteiger partial charge in [0.1, 0.15) is 5.17 Å². The van der Waals surface area contributed by atoms with Crippen LogP contribution in [0, 0.1) is 10.1 Å². The highest BCUT2D eigenvalue weighted by molar-refractivity contribution is 6.64. The monoisotopic (exact) mass is 257 g/mol. The molecule has 0 aliphatic heterocycles. The van der Waals surface area contributed by atoms with Crippen LogP contribution in [0.4, 0.5) is 16.2 Å². The van der Waals surface area contributed by atoms with Gasteiger partial charge >= 0.3 is 6.09 Å². The summed E-state index contributed by atoms with van der Waals surface area (Å²) < 4.78 is 0. The predicted octanol–water partition coefficient (Wildman–Crippen LogP) is 2.72. The first kappa shape index (κ1) is 12.9. The van der Waals surface area contributed by atoms with Gasteiger partial charge in [0.05, 0.1) is 10.6 Å². The topological polar surface area (TPSA) is 93.8 Å². The molecule has 90 valence electrons. The summed E-state index contributed by atoms with van der Waals surface area (Å²) in [7, 11) is 0. The summed E-state index contributed by atoms with van der Waals surface area (Å²) in [5.41, 5.74) is 0.0893. The van der Waals surface area contributed by atoms with Crippen LogP contribution in [0.1, 0.15) is 6.92 Å². The smallest absolute Gasteiger partial charge is 0.297 e. The van der Waals surface area contributed by atoms with Crippen LogP contribution in [0.5, 0.6) is 0 Å². The van der Waals surface area contributed by atoms with Crippen molar-refractivity contribution in [3.05, 3.63) is 34.4 Å². The number of anilines is 1. The second-order valence-electron chi connectivity index (χ2n) is 2.90. The van der Waals surface area contributed by atoms with Crippen molar-refractivity contribution in [2.24, 2.45) is 5.16 Å². The zero-order valence-electron chi connectivity index (χ0n) is 8.71. The van der Waals surface area contributed by atoms with Gasteiger partial charge in [0.2, 0.25) is 0 Å². The van der Waals surface area contributed by atoms with Gasteiger partial charge in [-0.1, -0.05) is 22.8 Å². The first-order chi connectivity index (χ1) is 7.99. The fourth-order valence-electron chi connectivity index (χ4n) is 0.942. The van der Waals surface area contributed by atoms with Crippen LogP contribution >= 0.6 is 11.6 Å². The number of rotatable bonds is 3. The van der Waals surface area contributed by atoms with E-state index in [2.05, 4.69) is 15.3 Å². The highest BCUT2D eigenvalue weighted by Crippen LogP contribution is 2.17. The van der Waals surface area contributed by atoms with Crippen LogP contribution < -0.4 is 5.32 Å². The van der Waals surface area contributed by atoms with Crippen molar-refractivity contribution in [3.8, 4) is 0 Å². The molecule has 1 amide bonds. The van der Waals surface area contributed by atoms with Crippen LogP contribution in [-0.4, -0.2) is 16.2 Å². The van der Waals surface area contributed by atoms with Crippen LogP contribution in [0.15, 0.2) is 29.4 Å². The van der Waals surface area contributed by atoms with Gasteiger partial charge in [0, 0.05) is 12.1 Å². The molecule has 17 heavy (non-hydrogen) atoms. The number of non-ortho nitro benzene ring substituents is 1. The Labute approximate surface area is 101 Å². The first-order valence-electron chi connectivity index (χ1n) is 4.41. The molecule has 0 bridgehead atoms. The molecular formula is C9H8ClN3O4. The Morgan fingerprint density at radius 3 is 2.88 bits per heavy atom. The Morgan fingerprint density at radius 2 is 2.29 bits per heavy atom. The number of amides is 1. The van der Waals surface area contributed by atoms with Crippen molar-refractivity contribution in [1.29, 1.82) is 0 Å². The molecular weight excluding hydrogens is 250 g/mol. The molecule has 0 fully saturated rings. The van der Waals surface area contributed by atoms with Crippen LogP contribution in [0.2, 0.25) is 0 Å². The molecule has 1 N–H and O–H groups in total. The van der Waals surface area contributed by atoms with Gasteiger partial charge in [-0.3, -0.25) is 20.3 Å². The number of nitrogens with one attached hydrogen (secondary N) is 1. The number of nitrogens with zero attached hydrogens (tertiary/aromatic N) is 2. The Kier molecular flexibility index (Phi) is 4.41. The summed E-state index contributed by atoms with van der Waals surface area (Å²) in [5, 5.41) is 16.0. The van der Waals surface area contributed by atoms with Crippen molar-refractivity contribution in [2.75, 3.05) is 5.32 Å². The number of benzene rings is 1. The SMILES string of the molecule is C/C(Cl)=N\OC(=O)Nc1cccc([N+](=O)[O-])c1. The Balaban J connectivity index is 2.68. The maximum absolute atomic E-state index is 11.1. The van der Waals surface area contributed by atoms with Crippen molar-refractivity contribution in [1.82, 2.24) is 0 Å². The van der Waals surface area contributed by atoms with Crippen molar-refractivity contribution >= 4 is 34.2 Å². The Morgan fingerprint density at radius 1 is 1.59 bits per heavy atom. The van der Waals surface area contributed by atoms with E-state index in [1.54, 1.807) is 0 Å². The lowest BCUT2D eigenvalue weighted by atomic mass is 10.3. The van der Waals surface area contributed by atoms with Crippen molar-refractivity contribution < 1.29 is 14.6 Å².